The molecule has 1 saturated carbocycles. The van der Waals surface area contributed by atoms with Crippen LogP contribution in [0.25, 0.3) is 11.3 Å². The minimum absolute atomic E-state index is 0.0535. The van der Waals surface area contributed by atoms with Gasteiger partial charge in [0.15, 0.2) is 0 Å². The van der Waals surface area contributed by atoms with Crippen molar-refractivity contribution in [3.63, 3.8) is 0 Å². The van der Waals surface area contributed by atoms with Gasteiger partial charge >= 0.3 is 5.97 Å². The fourth-order valence-electron chi connectivity index (χ4n) is 5.47. The van der Waals surface area contributed by atoms with Gasteiger partial charge in [-0.1, -0.05) is 90.5 Å². The quantitative estimate of drug-likeness (QED) is 0.133. The summed E-state index contributed by atoms with van der Waals surface area (Å²) in [5.74, 6) is 1.45. The van der Waals surface area contributed by atoms with Gasteiger partial charge in [-0.3, -0.25) is 9.78 Å². The number of nitrogens with zero attached hydrogens (tertiary/aromatic N) is 1. The predicted molar refractivity (Wildman–Crippen MR) is 151 cm³/mol. The van der Waals surface area contributed by atoms with E-state index in [0.717, 1.165) is 36.4 Å². The second kappa shape index (κ2) is 16.6. The van der Waals surface area contributed by atoms with E-state index in [1.165, 1.54) is 95.5 Å². The van der Waals surface area contributed by atoms with Gasteiger partial charge in [-0.05, 0) is 80.3 Å². The van der Waals surface area contributed by atoms with Gasteiger partial charge in [0.1, 0.15) is 5.75 Å². The number of rotatable bonds is 16. The zero-order chi connectivity index (χ0) is 25.4. The molecule has 3 heteroatoms. The van der Waals surface area contributed by atoms with E-state index in [1.54, 1.807) is 0 Å². The van der Waals surface area contributed by atoms with Gasteiger partial charge in [-0.25, -0.2) is 0 Å². The summed E-state index contributed by atoms with van der Waals surface area (Å²) in [6.07, 6.45) is 23.4. The highest BCUT2D eigenvalue weighted by Gasteiger charge is 2.27. The van der Waals surface area contributed by atoms with Crippen LogP contribution in [0.1, 0.15) is 122 Å². The maximum Gasteiger partial charge on any atom is 0.314 e. The molecule has 1 aromatic carbocycles. The number of aryl methyl sites for hydroxylation is 1. The van der Waals surface area contributed by atoms with Crippen molar-refractivity contribution in [3.8, 4) is 17.0 Å². The highest BCUT2D eigenvalue weighted by atomic mass is 16.5. The third kappa shape index (κ3) is 10.1. The van der Waals surface area contributed by atoms with Crippen molar-refractivity contribution in [2.75, 3.05) is 0 Å². The molecule has 3 nitrogen and oxygen atoms in total. The SMILES string of the molecule is CCCCCCCC[C@H]1CC[C@H](C(=O)Oc2ccc(-c3ccc(CCCCCCC)cn3)cc2)CC1. The molecule has 1 aromatic heterocycles. The summed E-state index contributed by atoms with van der Waals surface area (Å²) in [5, 5.41) is 0. The fraction of sp³-hybridized carbons (Fsp3) is 0.636. The van der Waals surface area contributed by atoms with Crippen LogP contribution < -0.4 is 4.74 Å². The summed E-state index contributed by atoms with van der Waals surface area (Å²) >= 11 is 0. The van der Waals surface area contributed by atoms with Crippen LogP contribution in [-0.4, -0.2) is 11.0 Å². The van der Waals surface area contributed by atoms with Gasteiger partial charge in [-0.2, -0.15) is 0 Å². The third-order valence-corrected chi connectivity index (χ3v) is 7.91. The molecule has 1 aliphatic carbocycles. The summed E-state index contributed by atoms with van der Waals surface area (Å²) in [6.45, 7) is 4.52. The van der Waals surface area contributed by atoms with E-state index in [2.05, 4.69) is 31.0 Å². The highest BCUT2D eigenvalue weighted by Crippen LogP contribution is 2.33. The van der Waals surface area contributed by atoms with Crippen LogP contribution in [0.5, 0.6) is 5.75 Å². The van der Waals surface area contributed by atoms with Crippen molar-refractivity contribution in [2.45, 2.75) is 123 Å². The average molecular weight is 492 g/mol. The second-order valence-electron chi connectivity index (χ2n) is 10.9. The summed E-state index contributed by atoms with van der Waals surface area (Å²) in [4.78, 5) is 17.4. The molecule has 2 aromatic rings. The first kappa shape index (κ1) is 28.4. The minimum Gasteiger partial charge on any atom is -0.426 e. The number of pyridine rings is 1. The monoisotopic (exact) mass is 491 g/mol. The third-order valence-electron chi connectivity index (χ3n) is 7.91. The van der Waals surface area contributed by atoms with E-state index >= 15 is 0 Å². The number of aromatic nitrogens is 1. The molecule has 36 heavy (non-hydrogen) atoms. The molecule has 0 spiro atoms. The van der Waals surface area contributed by atoms with Crippen molar-refractivity contribution in [2.24, 2.45) is 11.8 Å². The van der Waals surface area contributed by atoms with E-state index in [-0.39, 0.29) is 11.9 Å². The van der Waals surface area contributed by atoms with Crippen molar-refractivity contribution >= 4 is 5.97 Å². The van der Waals surface area contributed by atoms with Gasteiger partial charge in [0.25, 0.3) is 0 Å². The zero-order valence-corrected chi connectivity index (χ0v) is 23.0. The summed E-state index contributed by atoms with van der Waals surface area (Å²) in [5.41, 5.74) is 3.33. The van der Waals surface area contributed by atoms with Crippen molar-refractivity contribution < 1.29 is 9.53 Å². The van der Waals surface area contributed by atoms with Crippen molar-refractivity contribution in [1.29, 1.82) is 0 Å². The maximum atomic E-state index is 12.7. The molecule has 0 aliphatic heterocycles. The lowest BCUT2D eigenvalue weighted by atomic mass is 9.80. The van der Waals surface area contributed by atoms with Gasteiger partial charge in [0.2, 0.25) is 0 Å². The van der Waals surface area contributed by atoms with E-state index in [4.69, 9.17) is 4.74 Å². The molecule has 1 fully saturated rings. The zero-order valence-electron chi connectivity index (χ0n) is 23.0. The number of carbonyl (C=O) groups is 1. The molecule has 3 rings (SSSR count). The normalized spacial score (nSPS) is 17.7. The van der Waals surface area contributed by atoms with E-state index in [1.807, 2.05) is 30.5 Å². The highest BCUT2D eigenvalue weighted by molar-refractivity contribution is 5.75. The Kier molecular flexibility index (Phi) is 13.1. The Morgan fingerprint density at radius 1 is 0.778 bits per heavy atom. The van der Waals surface area contributed by atoms with Crippen molar-refractivity contribution in [1.82, 2.24) is 4.98 Å². The van der Waals surface area contributed by atoms with Crippen LogP contribution in [0.15, 0.2) is 42.6 Å². The molecule has 0 atom stereocenters. The van der Waals surface area contributed by atoms with Gasteiger partial charge in [-0.15, -0.1) is 0 Å². The lowest BCUT2D eigenvalue weighted by Gasteiger charge is -2.27. The van der Waals surface area contributed by atoms with Crippen LogP contribution in [0.4, 0.5) is 0 Å². The number of esters is 1. The second-order valence-corrected chi connectivity index (χ2v) is 10.9. The molecule has 1 heterocycles. The lowest BCUT2D eigenvalue weighted by Crippen LogP contribution is -2.25. The Labute approximate surface area is 220 Å². The first-order chi connectivity index (χ1) is 17.7. The van der Waals surface area contributed by atoms with Crippen LogP contribution in [-0.2, 0) is 11.2 Å². The Hall–Kier alpha value is -2.16. The number of hydrogen-bond donors (Lipinski definition) is 0. The van der Waals surface area contributed by atoms with E-state index in [9.17, 15) is 4.79 Å². The summed E-state index contributed by atoms with van der Waals surface area (Å²) in [6, 6.07) is 12.1. The molecular formula is C33H49NO2. The number of hydrogen-bond acceptors (Lipinski definition) is 3. The van der Waals surface area contributed by atoms with Crippen molar-refractivity contribution in [3.05, 3.63) is 48.2 Å². The van der Waals surface area contributed by atoms with Gasteiger partial charge < -0.3 is 4.74 Å². The lowest BCUT2D eigenvalue weighted by molar-refractivity contribution is -0.140. The molecular weight excluding hydrogens is 442 g/mol. The Morgan fingerprint density at radius 2 is 1.42 bits per heavy atom. The fourth-order valence-corrected chi connectivity index (χ4v) is 5.47. The predicted octanol–water partition coefficient (Wildman–Crippen LogP) is 9.72. The van der Waals surface area contributed by atoms with E-state index in [0.29, 0.717) is 5.75 Å². The average Bonchev–Trinajstić information content (AvgIpc) is 2.92. The van der Waals surface area contributed by atoms with Crippen LogP contribution in [0.3, 0.4) is 0 Å². The minimum atomic E-state index is -0.0535. The summed E-state index contributed by atoms with van der Waals surface area (Å²) < 4.78 is 5.75. The smallest absolute Gasteiger partial charge is 0.314 e. The molecule has 1 aliphatic rings. The van der Waals surface area contributed by atoms with Gasteiger partial charge in [0.05, 0.1) is 11.6 Å². The Morgan fingerprint density at radius 3 is 2.06 bits per heavy atom. The number of ether oxygens (including phenoxy) is 1. The number of unbranched alkanes of at least 4 members (excludes halogenated alkanes) is 9. The first-order valence-corrected chi connectivity index (χ1v) is 15.0. The number of carbonyl (C=O) groups excluding carboxylic acids is 1. The molecule has 0 amide bonds. The van der Waals surface area contributed by atoms with Crippen LogP contribution in [0.2, 0.25) is 0 Å². The Bertz CT molecular complexity index is 850. The largest absolute Gasteiger partial charge is 0.426 e. The molecule has 0 N–H and O–H groups in total. The topological polar surface area (TPSA) is 39.2 Å². The van der Waals surface area contributed by atoms with E-state index < -0.39 is 0 Å². The van der Waals surface area contributed by atoms with Gasteiger partial charge in [0, 0.05) is 11.8 Å². The number of benzene rings is 1. The molecule has 0 saturated heterocycles. The molecule has 0 unspecified atom stereocenters. The summed E-state index contributed by atoms with van der Waals surface area (Å²) in [7, 11) is 0. The molecule has 198 valence electrons. The van der Waals surface area contributed by atoms with Crippen LogP contribution in [0, 0.1) is 11.8 Å². The molecule has 0 bridgehead atoms. The van der Waals surface area contributed by atoms with Crippen LogP contribution >= 0.6 is 0 Å². The molecule has 0 radical (unpaired) electrons. The maximum absolute atomic E-state index is 12.7. The first-order valence-electron chi connectivity index (χ1n) is 15.0. The Balaban J connectivity index is 1.36. The standard InChI is InChI=1S/C33H49NO2/c1-3-5-7-9-11-12-14-27-16-19-30(20-17-27)33(35)36-31-23-21-29(22-24-31)32-25-18-28(26-34-32)15-13-10-8-6-4-2/h18,21-27,30H,3-17,19-20H2,1-2H3/t27-,30-.